The van der Waals surface area contributed by atoms with E-state index in [4.69, 9.17) is 0 Å². The molecule has 0 heterocycles. The zero-order chi connectivity index (χ0) is 12.0. The molecule has 0 aromatic heterocycles. The maximum absolute atomic E-state index is 10.4. The third kappa shape index (κ3) is 4.38. The molecule has 0 spiro atoms. The number of rotatable bonds is 4. The van der Waals surface area contributed by atoms with Crippen LogP contribution in [0.25, 0.3) is 0 Å². The summed E-state index contributed by atoms with van der Waals surface area (Å²) < 4.78 is 0. The highest BCUT2D eigenvalue weighted by molar-refractivity contribution is 9.12. The number of hydrogen-bond acceptors (Lipinski definition) is 1. The molecule has 1 aromatic rings. The van der Waals surface area contributed by atoms with Crippen LogP contribution in [-0.2, 0) is 6.42 Å². The molecule has 1 nitrogen and oxygen atoms in total. The van der Waals surface area contributed by atoms with E-state index in [0.717, 1.165) is 5.56 Å². The molecule has 0 saturated carbocycles. The SMILES string of the molecule is CC(C)CC(O)(C#CBr)Cc1ccccc1. The fraction of sp³-hybridized carbons (Fsp3) is 0.429. The summed E-state index contributed by atoms with van der Waals surface area (Å²) in [5, 5.41) is 10.4. The van der Waals surface area contributed by atoms with Crippen molar-refractivity contribution in [3.8, 4) is 10.8 Å². The molecule has 0 fully saturated rings. The van der Waals surface area contributed by atoms with Crippen LogP contribution in [0, 0.1) is 16.7 Å². The van der Waals surface area contributed by atoms with Crippen molar-refractivity contribution in [2.45, 2.75) is 32.3 Å². The van der Waals surface area contributed by atoms with Gasteiger partial charge in [-0.25, -0.2) is 0 Å². The van der Waals surface area contributed by atoms with E-state index in [-0.39, 0.29) is 0 Å². The van der Waals surface area contributed by atoms with E-state index in [0.29, 0.717) is 18.8 Å². The summed E-state index contributed by atoms with van der Waals surface area (Å²) in [4.78, 5) is 2.65. The van der Waals surface area contributed by atoms with Gasteiger partial charge in [0, 0.05) is 22.4 Å². The predicted octanol–water partition coefficient (Wildman–Crippen LogP) is 3.36. The fourth-order valence-electron chi connectivity index (χ4n) is 1.86. The van der Waals surface area contributed by atoms with Crippen molar-refractivity contribution >= 4 is 15.9 Å². The molecule has 0 radical (unpaired) electrons. The molecule has 1 rings (SSSR count). The minimum Gasteiger partial charge on any atom is -0.377 e. The van der Waals surface area contributed by atoms with Gasteiger partial charge in [0.1, 0.15) is 5.60 Å². The predicted molar refractivity (Wildman–Crippen MR) is 71.3 cm³/mol. The van der Waals surface area contributed by atoms with E-state index < -0.39 is 5.60 Å². The van der Waals surface area contributed by atoms with Crippen LogP contribution in [0.15, 0.2) is 30.3 Å². The molecule has 86 valence electrons. The van der Waals surface area contributed by atoms with Crippen LogP contribution >= 0.6 is 15.9 Å². The van der Waals surface area contributed by atoms with E-state index in [9.17, 15) is 5.11 Å². The molecule has 16 heavy (non-hydrogen) atoms. The van der Waals surface area contributed by atoms with Gasteiger partial charge in [0.15, 0.2) is 0 Å². The average molecular weight is 281 g/mol. The van der Waals surface area contributed by atoms with E-state index in [1.807, 2.05) is 30.3 Å². The number of aliphatic hydroxyl groups is 1. The topological polar surface area (TPSA) is 20.2 Å². The van der Waals surface area contributed by atoms with Crippen molar-refractivity contribution in [2.24, 2.45) is 5.92 Å². The second-order valence-electron chi connectivity index (χ2n) is 4.51. The smallest absolute Gasteiger partial charge is 0.130 e. The summed E-state index contributed by atoms with van der Waals surface area (Å²) in [5.74, 6) is 3.28. The second-order valence-corrected chi connectivity index (χ2v) is 4.91. The Morgan fingerprint density at radius 1 is 1.31 bits per heavy atom. The molecular formula is C14H17BrO. The first-order chi connectivity index (χ1) is 7.56. The van der Waals surface area contributed by atoms with Crippen LogP contribution < -0.4 is 0 Å². The minimum atomic E-state index is -0.932. The van der Waals surface area contributed by atoms with Gasteiger partial charge in [0.05, 0.1) is 0 Å². The minimum absolute atomic E-state index is 0.419. The van der Waals surface area contributed by atoms with Crippen molar-refractivity contribution in [1.82, 2.24) is 0 Å². The molecule has 1 aromatic carbocycles. The van der Waals surface area contributed by atoms with Crippen LogP contribution in [0.1, 0.15) is 25.8 Å². The monoisotopic (exact) mass is 280 g/mol. The largest absolute Gasteiger partial charge is 0.377 e. The molecule has 0 bridgehead atoms. The highest BCUT2D eigenvalue weighted by Gasteiger charge is 2.25. The standard InChI is InChI=1S/C14H17BrO/c1-12(2)10-14(16,8-9-15)11-13-6-4-3-5-7-13/h3-7,12,16H,10-11H2,1-2H3. The van der Waals surface area contributed by atoms with Crippen molar-refractivity contribution in [2.75, 3.05) is 0 Å². The first-order valence-corrected chi connectivity index (χ1v) is 6.24. The normalized spacial score (nSPS) is 14.1. The first kappa shape index (κ1) is 13.3. The van der Waals surface area contributed by atoms with Crippen molar-refractivity contribution in [3.63, 3.8) is 0 Å². The maximum Gasteiger partial charge on any atom is 0.130 e. The summed E-state index contributed by atoms with van der Waals surface area (Å²) in [6.07, 6.45) is 1.26. The van der Waals surface area contributed by atoms with Crippen molar-refractivity contribution in [1.29, 1.82) is 0 Å². The zero-order valence-electron chi connectivity index (χ0n) is 9.70. The van der Waals surface area contributed by atoms with Gasteiger partial charge in [-0.05, 0) is 22.7 Å². The summed E-state index contributed by atoms with van der Waals surface area (Å²) in [6.45, 7) is 4.18. The Labute approximate surface area is 106 Å². The zero-order valence-corrected chi connectivity index (χ0v) is 11.3. The summed E-state index contributed by atoms with van der Waals surface area (Å²) in [5.41, 5.74) is 0.180. The van der Waals surface area contributed by atoms with Crippen LogP contribution in [0.5, 0.6) is 0 Å². The molecule has 1 atom stereocenters. The molecule has 1 N–H and O–H groups in total. The lowest BCUT2D eigenvalue weighted by Gasteiger charge is -2.24. The molecular weight excluding hydrogens is 264 g/mol. The van der Waals surface area contributed by atoms with Crippen LogP contribution in [0.2, 0.25) is 0 Å². The molecule has 1 unspecified atom stereocenters. The van der Waals surface area contributed by atoms with Gasteiger partial charge in [-0.15, -0.1) is 0 Å². The molecule has 0 saturated heterocycles. The Morgan fingerprint density at radius 2 is 1.94 bits per heavy atom. The van der Waals surface area contributed by atoms with Gasteiger partial charge in [0.25, 0.3) is 0 Å². The highest BCUT2D eigenvalue weighted by Crippen LogP contribution is 2.21. The Bertz CT molecular complexity index is 375. The molecule has 2 heteroatoms. The van der Waals surface area contributed by atoms with Gasteiger partial charge >= 0.3 is 0 Å². The van der Waals surface area contributed by atoms with E-state index >= 15 is 0 Å². The average Bonchev–Trinajstić information content (AvgIpc) is 2.17. The highest BCUT2D eigenvalue weighted by atomic mass is 79.9. The lowest BCUT2D eigenvalue weighted by Crippen LogP contribution is -2.31. The van der Waals surface area contributed by atoms with Crippen LogP contribution in [0.3, 0.4) is 0 Å². The summed E-state index contributed by atoms with van der Waals surface area (Å²) in [7, 11) is 0. The molecule has 0 aliphatic heterocycles. The third-order valence-corrected chi connectivity index (χ3v) is 2.56. The first-order valence-electron chi connectivity index (χ1n) is 5.45. The molecule has 0 amide bonds. The number of hydrogen-bond donors (Lipinski definition) is 1. The molecule has 0 aliphatic carbocycles. The van der Waals surface area contributed by atoms with Gasteiger partial charge < -0.3 is 5.11 Å². The summed E-state index contributed by atoms with van der Waals surface area (Å²) >= 11 is 3.07. The van der Waals surface area contributed by atoms with Crippen molar-refractivity contribution < 1.29 is 5.11 Å². The van der Waals surface area contributed by atoms with Crippen molar-refractivity contribution in [3.05, 3.63) is 35.9 Å². The Hall–Kier alpha value is -0.780. The third-order valence-electron chi connectivity index (χ3n) is 2.37. The Kier molecular flexibility index (Phi) is 5.05. The van der Waals surface area contributed by atoms with Gasteiger partial charge in [0.2, 0.25) is 0 Å². The number of halogens is 1. The van der Waals surface area contributed by atoms with E-state index in [1.165, 1.54) is 0 Å². The second kappa shape index (κ2) is 6.08. The summed E-state index contributed by atoms with van der Waals surface area (Å²) in [6, 6.07) is 9.96. The van der Waals surface area contributed by atoms with Gasteiger partial charge in [-0.3, -0.25) is 0 Å². The maximum atomic E-state index is 10.4. The lowest BCUT2D eigenvalue weighted by molar-refractivity contribution is 0.0785. The fourth-order valence-corrected chi connectivity index (χ4v) is 2.23. The quantitative estimate of drug-likeness (QED) is 0.839. The van der Waals surface area contributed by atoms with Gasteiger partial charge in [-0.2, -0.15) is 0 Å². The lowest BCUT2D eigenvalue weighted by atomic mass is 9.87. The van der Waals surface area contributed by atoms with Gasteiger partial charge in [-0.1, -0.05) is 50.1 Å². The Balaban J connectivity index is 2.82. The van der Waals surface area contributed by atoms with E-state index in [2.05, 4.69) is 40.5 Å². The number of benzene rings is 1. The molecule has 0 aliphatic rings. The van der Waals surface area contributed by atoms with Crippen LogP contribution in [-0.4, -0.2) is 10.7 Å². The van der Waals surface area contributed by atoms with E-state index in [1.54, 1.807) is 0 Å². The Morgan fingerprint density at radius 3 is 2.44 bits per heavy atom. The van der Waals surface area contributed by atoms with Crippen LogP contribution in [0.4, 0.5) is 0 Å².